The molecule has 0 unspecified atom stereocenters. The van der Waals surface area contributed by atoms with E-state index in [1.54, 1.807) is 23.0 Å². The Labute approximate surface area is 106 Å². The second-order valence-corrected chi connectivity index (χ2v) is 3.97. The van der Waals surface area contributed by atoms with Gasteiger partial charge in [-0.15, -0.1) is 0 Å². The highest BCUT2D eigenvalue weighted by Crippen LogP contribution is 2.12. The maximum absolute atomic E-state index is 11.6. The van der Waals surface area contributed by atoms with Crippen LogP contribution in [0.4, 0.5) is 5.82 Å². The van der Waals surface area contributed by atoms with Gasteiger partial charge >= 0.3 is 5.69 Å². The molecule has 1 N–H and O–H groups in total. The minimum atomic E-state index is -0.247. The average molecular weight is 244 g/mol. The summed E-state index contributed by atoms with van der Waals surface area (Å²) in [6.45, 7) is 3.44. The van der Waals surface area contributed by atoms with Crippen LogP contribution in [0.5, 0.6) is 0 Å². The minimum absolute atomic E-state index is 0.247. The molecule has 0 amide bonds. The van der Waals surface area contributed by atoms with Crippen molar-refractivity contribution in [2.45, 2.75) is 19.9 Å². The van der Waals surface area contributed by atoms with Gasteiger partial charge in [0.15, 0.2) is 0 Å². The topological polar surface area (TPSA) is 59.8 Å². The van der Waals surface area contributed by atoms with Gasteiger partial charge in [-0.3, -0.25) is 4.57 Å². The van der Waals surface area contributed by atoms with Crippen molar-refractivity contribution in [2.75, 3.05) is 11.9 Å². The summed E-state index contributed by atoms with van der Waals surface area (Å²) in [5.74, 6) is 0.829. The first kappa shape index (κ1) is 12.3. The van der Waals surface area contributed by atoms with E-state index in [9.17, 15) is 4.79 Å². The standard InChI is InChI=1S/C13H16N4O/c1-2-6-14-12-11(5-3-7-15-12)10-17-9-4-8-16-13(17)18/h3-5,7-9H,2,6,10H2,1H3,(H,14,15). The van der Waals surface area contributed by atoms with E-state index in [4.69, 9.17) is 0 Å². The van der Waals surface area contributed by atoms with Crippen LogP contribution in [0.15, 0.2) is 41.6 Å². The van der Waals surface area contributed by atoms with E-state index in [0.29, 0.717) is 6.54 Å². The third kappa shape index (κ3) is 2.94. The van der Waals surface area contributed by atoms with Gasteiger partial charge in [-0.05, 0) is 18.6 Å². The Morgan fingerprint density at radius 1 is 1.28 bits per heavy atom. The van der Waals surface area contributed by atoms with Crippen LogP contribution in [-0.2, 0) is 6.54 Å². The predicted octanol–water partition coefficient (Wildman–Crippen LogP) is 1.51. The molecule has 0 aliphatic carbocycles. The van der Waals surface area contributed by atoms with Crippen molar-refractivity contribution in [1.29, 1.82) is 0 Å². The molecule has 2 aromatic heterocycles. The first-order chi connectivity index (χ1) is 8.81. The summed E-state index contributed by atoms with van der Waals surface area (Å²) in [5, 5.41) is 3.26. The van der Waals surface area contributed by atoms with Crippen LogP contribution in [0.3, 0.4) is 0 Å². The number of hydrogen-bond acceptors (Lipinski definition) is 4. The van der Waals surface area contributed by atoms with Gasteiger partial charge in [-0.25, -0.2) is 14.8 Å². The number of aromatic nitrogens is 3. The van der Waals surface area contributed by atoms with E-state index in [-0.39, 0.29) is 5.69 Å². The third-order valence-electron chi connectivity index (χ3n) is 2.56. The lowest BCUT2D eigenvalue weighted by Crippen LogP contribution is -2.22. The lowest BCUT2D eigenvalue weighted by molar-refractivity contribution is 0.725. The molecule has 0 aliphatic rings. The molecule has 0 fully saturated rings. The van der Waals surface area contributed by atoms with Crippen molar-refractivity contribution in [3.8, 4) is 0 Å². The number of nitrogens with zero attached hydrogens (tertiary/aromatic N) is 3. The Bertz CT molecular complexity index is 565. The molecule has 5 nitrogen and oxygen atoms in total. The molecule has 0 aromatic carbocycles. The molecule has 0 saturated carbocycles. The van der Waals surface area contributed by atoms with Crippen LogP contribution in [0, 0.1) is 0 Å². The highest BCUT2D eigenvalue weighted by Gasteiger charge is 2.04. The van der Waals surface area contributed by atoms with Crippen molar-refractivity contribution in [2.24, 2.45) is 0 Å². The summed E-state index contributed by atoms with van der Waals surface area (Å²) in [4.78, 5) is 19.6. The smallest absolute Gasteiger partial charge is 0.347 e. The van der Waals surface area contributed by atoms with Crippen molar-refractivity contribution >= 4 is 5.82 Å². The summed E-state index contributed by atoms with van der Waals surface area (Å²) < 4.78 is 1.56. The summed E-state index contributed by atoms with van der Waals surface area (Å²) in [6, 6.07) is 5.58. The molecular weight excluding hydrogens is 228 g/mol. The zero-order chi connectivity index (χ0) is 12.8. The van der Waals surface area contributed by atoms with Crippen molar-refractivity contribution in [3.63, 3.8) is 0 Å². The molecule has 0 radical (unpaired) electrons. The predicted molar refractivity (Wildman–Crippen MR) is 70.6 cm³/mol. The SMILES string of the molecule is CCCNc1ncccc1Cn1cccnc1=O. The normalized spacial score (nSPS) is 10.3. The van der Waals surface area contributed by atoms with Crippen molar-refractivity contribution in [3.05, 3.63) is 52.8 Å². The monoisotopic (exact) mass is 244 g/mol. The highest BCUT2D eigenvalue weighted by molar-refractivity contribution is 5.43. The van der Waals surface area contributed by atoms with Crippen LogP contribution in [-0.4, -0.2) is 21.1 Å². The molecular formula is C13H16N4O. The fraction of sp³-hybridized carbons (Fsp3) is 0.308. The Morgan fingerprint density at radius 2 is 2.11 bits per heavy atom. The van der Waals surface area contributed by atoms with Gasteiger partial charge in [0.1, 0.15) is 5.82 Å². The van der Waals surface area contributed by atoms with Crippen LogP contribution in [0.1, 0.15) is 18.9 Å². The van der Waals surface area contributed by atoms with Crippen LogP contribution >= 0.6 is 0 Å². The van der Waals surface area contributed by atoms with Gasteiger partial charge in [-0.2, -0.15) is 0 Å². The van der Waals surface area contributed by atoms with Crippen molar-refractivity contribution in [1.82, 2.24) is 14.5 Å². The van der Waals surface area contributed by atoms with E-state index in [1.165, 1.54) is 6.20 Å². The molecule has 0 atom stereocenters. The van der Waals surface area contributed by atoms with Gasteiger partial charge in [-0.1, -0.05) is 13.0 Å². The lowest BCUT2D eigenvalue weighted by Gasteiger charge is -2.10. The molecule has 18 heavy (non-hydrogen) atoms. The molecule has 94 valence electrons. The maximum atomic E-state index is 11.6. The summed E-state index contributed by atoms with van der Waals surface area (Å²) in [7, 11) is 0. The highest BCUT2D eigenvalue weighted by atomic mass is 16.1. The van der Waals surface area contributed by atoms with Gasteiger partial charge in [0.25, 0.3) is 0 Å². The van der Waals surface area contributed by atoms with E-state index in [2.05, 4.69) is 22.2 Å². The number of hydrogen-bond donors (Lipinski definition) is 1. The molecule has 0 spiro atoms. The van der Waals surface area contributed by atoms with Crippen molar-refractivity contribution < 1.29 is 0 Å². The second kappa shape index (κ2) is 5.95. The number of anilines is 1. The zero-order valence-corrected chi connectivity index (χ0v) is 10.3. The summed E-state index contributed by atoms with van der Waals surface area (Å²) in [5.41, 5.74) is 0.740. The fourth-order valence-electron chi connectivity index (χ4n) is 1.66. The Morgan fingerprint density at radius 3 is 2.89 bits per heavy atom. The molecule has 0 saturated heterocycles. The van der Waals surface area contributed by atoms with Gasteiger partial charge < -0.3 is 5.32 Å². The zero-order valence-electron chi connectivity index (χ0n) is 10.3. The molecule has 0 bridgehead atoms. The number of pyridine rings is 1. The largest absolute Gasteiger partial charge is 0.370 e. The van der Waals surface area contributed by atoms with Crippen LogP contribution in [0.2, 0.25) is 0 Å². The van der Waals surface area contributed by atoms with E-state index >= 15 is 0 Å². The minimum Gasteiger partial charge on any atom is -0.370 e. The number of rotatable bonds is 5. The second-order valence-electron chi connectivity index (χ2n) is 3.97. The lowest BCUT2D eigenvalue weighted by atomic mass is 10.2. The van der Waals surface area contributed by atoms with Gasteiger partial charge in [0.2, 0.25) is 0 Å². The van der Waals surface area contributed by atoms with Gasteiger partial charge in [0, 0.05) is 30.7 Å². The molecule has 2 heterocycles. The first-order valence-electron chi connectivity index (χ1n) is 6.00. The Balaban J connectivity index is 2.23. The molecule has 2 rings (SSSR count). The van der Waals surface area contributed by atoms with E-state index in [0.717, 1.165) is 24.3 Å². The molecule has 0 aliphatic heterocycles. The van der Waals surface area contributed by atoms with Gasteiger partial charge in [0.05, 0.1) is 6.54 Å². The molecule has 2 aromatic rings. The number of nitrogens with one attached hydrogen (secondary N) is 1. The fourth-order valence-corrected chi connectivity index (χ4v) is 1.66. The first-order valence-corrected chi connectivity index (χ1v) is 6.00. The van der Waals surface area contributed by atoms with E-state index < -0.39 is 0 Å². The van der Waals surface area contributed by atoms with E-state index in [1.807, 2.05) is 12.1 Å². The summed E-state index contributed by atoms with van der Waals surface area (Å²) >= 11 is 0. The van der Waals surface area contributed by atoms with Crippen LogP contribution in [0.25, 0.3) is 0 Å². The summed E-state index contributed by atoms with van der Waals surface area (Å²) in [6.07, 6.45) is 6.00. The molecule has 5 heteroatoms. The third-order valence-corrected chi connectivity index (χ3v) is 2.56. The van der Waals surface area contributed by atoms with Crippen LogP contribution < -0.4 is 11.0 Å². The Hall–Kier alpha value is -2.17. The Kier molecular flexibility index (Phi) is 4.06. The maximum Gasteiger partial charge on any atom is 0.347 e. The average Bonchev–Trinajstić information content (AvgIpc) is 2.40. The quantitative estimate of drug-likeness (QED) is 0.866.